The maximum absolute atomic E-state index is 12.2. The van der Waals surface area contributed by atoms with Gasteiger partial charge in [-0.05, 0) is 25.0 Å². The molecule has 3 aliphatic rings. The second-order valence-corrected chi connectivity index (χ2v) is 7.31. The van der Waals surface area contributed by atoms with E-state index in [2.05, 4.69) is 27.2 Å². The van der Waals surface area contributed by atoms with E-state index in [-0.39, 0.29) is 17.9 Å². The monoisotopic (exact) mass is 345 g/mol. The molecule has 0 unspecified atom stereocenters. The van der Waals surface area contributed by atoms with Crippen molar-refractivity contribution in [1.29, 1.82) is 0 Å². The first kappa shape index (κ1) is 16.7. The Kier molecular flexibility index (Phi) is 4.81. The average molecular weight is 345 g/mol. The van der Waals surface area contributed by atoms with Gasteiger partial charge in [0.2, 0.25) is 5.91 Å². The molecule has 3 heterocycles. The van der Waals surface area contributed by atoms with Crippen LogP contribution in [0, 0.1) is 5.92 Å². The summed E-state index contributed by atoms with van der Waals surface area (Å²) in [6, 6.07) is 8.98. The minimum Gasteiger partial charge on any atom is -0.497 e. The van der Waals surface area contributed by atoms with Crippen molar-refractivity contribution in [1.82, 2.24) is 10.2 Å². The molecular formula is C19H27N3O3. The summed E-state index contributed by atoms with van der Waals surface area (Å²) in [5, 5.41) is 3.13. The number of hydrogen-bond acceptors (Lipinski definition) is 5. The number of hydrogen-bond donors (Lipinski definition) is 1. The minimum atomic E-state index is -0.0242. The van der Waals surface area contributed by atoms with Gasteiger partial charge in [0.05, 0.1) is 32.3 Å². The number of ether oxygens (including phenoxy) is 2. The fourth-order valence-electron chi connectivity index (χ4n) is 4.26. The van der Waals surface area contributed by atoms with Crippen molar-refractivity contribution in [3.63, 3.8) is 0 Å². The maximum Gasteiger partial charge on any atom is 0.227 e. The van der Waals surface area contributed by atoms with Gasteiger partial charge in [0.15, 0.2) is 0 Å². The summed E-state index contributed by atoms with van der Waals surface area (Å²) in [6.07, 6.45) is 2.26. The van der Waals surface area contributed by atoms with Gasteiger partial charge in [-0.15, -0.1) is 0 Å². The third-order valence-corrected chi connectivity index (χ3v) is 5.66. The molecule has 0 aromatic heterocycles. The van der Waals surface area contributed by atoms with Gasteiger partial charge in [-0.25, -0.2) is 0 Å². The van der Waals surface area contributed by atoms with E-state index >= 15 is 0 Å². The normalized spacial score (nSPS) is 28.4. The lowest BCUT2D eigenvalue weighted by molar-refractivity contribution is -0.125. The highest BCUT2D eigenvalue weighted by molar-refractivity contribution is 5.80. The molecule has 3 aliphatic heterocycles. The van der Waals surface area contributed by atoms with E-state index in [1.807, 2.05) is 12.1 Å². The van der Waals surface area contributed by atoms with Crippen molar-refractivity contribution in [3.05, 3.63) is 24.3 Å². The molecule has 1 aromatic carbocycles. The first-order valence-corrected chi connectivity index (χ1v) is 9.24. The highest BCUT2D eigenvalue weighted by atomic mass is 16.5. The highest BCUT2D eigenvalue weighted by Crippen LogP contribution is 2.27. The topological polar surface area (TPSA) is 54.0 Å². The molecule has 0 saturated carbocycles. The van der Waals surface area contributed by atoms with Crippen molar-refractivity contribution in [2.75, 3.05) is 51.4 Å². The van der Waals surface area contributed by atoms with Crippen LogP contribution in [0.2, 0.25) is 0 Å². The molecule has 1 aromatic rings. The van der Waals surface area contributed by atoms with Crippen LogP contribution in [0.25, 0.3) is 0 Å². The maximum atomic E-state index is 12.2. The van der Waals surface area contributed by atoms with Crippen molar-refractivity contribution < 1.29 is 14.3 Å². The average Bonchev–Trinajstić information content (AvgIpc) is 2.90. The number of carbonyl (C=O) groups is 1. The smallest absolute Gasteiger partial charge is 0.227 e. The molecule has 136 valence electrons. The number of nitrogens with one attached hydrogen (secondary N) is 1. The molecule has 0 spiro atoms. The summed E-state index contributed by atoms with van der Waals surface area (Å²) in [4.78, 5) is 17.1. The largest absolute Gasteiger partial charge is 0.497 e. The van der Waals surface area contributed by atoms with E-state index < -0.39 is 0 Å². The molecule has 4 rings (SSSR count). The Morgan fingerprint density at radius 3 is 2.84 bits per heavy atom. The quantitative estimate of drug-likeness (QED) is 0.889. The molecule has 25 heavy (non-hydrogen) atoms. The second kappa shape index (κ2) is 7.22. The van der Waals surface area contributed by atoms with Crippen LogP contribution in [0.3, 0.4) is 0 Å². The van der Waals surface area contributed by atoms with Crippen LogP contribution in [-0.4, -0.2) is 69.4 Å². The zero-order chi connectivity index (χ0) is 17.2. The molecule has 3 saturated heterocycles. The Morgan fingerprint density at radius 2 is 2.04 bits per heavy atom. The van der Waals surface area contributed by atoms with Gasteiger partial charge in [-0.2, -0.15) is 0 Å². The van der Waals surface area contributed by atoms with Crippen molar-refractivity contribution in [2.45, 2.75) is 24.9 Å². The van der Waals surface area contributed by atoms with Crippen LogP contribution in [0.15, 0.2) is 24.3 Å². The fourth-order valence-corrected chi connectivity index (χ4v) is 4.26. The Bertz CT molecular complexity index is 616. The predicted octanol–water partition coefficient (Wildman–Crippen LogP) is 1.11. The summed E-state index contributed by atoms with van der Waals surface area (Å²) in [7, 11) is 1.71. The molecule has 0 radical (unpaired) electrons. The van der Waals surface area contributed by atoms with Gasteiger partial charge < -0.3 is 19.7 Å². The minimum absolute atomic E-state index is 0.0242. The molecule has 2 atom stereocenters. The zero-order valence-electron chi connectivity index (χ0n) is 14.8. The Hall–Kier alpha value is -1.79. The molecule has 6 nitrogen and oxygen atoms in total. The summed E-state index contributed by atoms with van der Waals surface area (Å²) >= 11 is 0. The number of rotatable bonds is 3. The lowest BCUT2D eigenvalue weighted by Gasteiger charge is -2.40. The predicted molar refractivity (Wildman–Crippen MR) is 96.0 cm³/mol. The van der Waals surface area contributed by atoms with E-state index in [1.165, 1.54) is 5.69 Å². The SMILES string of the molecule is COc1cccc(N2CCC(N3C[C@H]4COC[C@@H](C3)C(=O)N4)CC2)c1. The summed E-state index contributed by atoms with van der Waals surface area (Å²) in [6.45, 7) is 5.02. The van der Waals surface area contributed by atoms with E-state index in [1.54, 1.807) is 7.11 Å². The van der Waals surface area contributed by atoms with Crippen molar-refractivity contribution >= 4 is 11.6 Å². The molecule has 1 N–H and O–H groups in total. The van der Waals surface area contributed by atoms with Crippen LogP contribution >= 0.6 is 0 Å². The summed E-state index contributed by atoms with van der Waals surface area (Å²) in [5.74, 6) is 1.05. The molecule has 0 aliphatic carbocycles. The number of benzene rings is 1. The van der Waals surface area contributed by atoms with Crippen LogP contribution in [-0.2, 0) is 9.53 Å². The number of piperidine rings is 1. The lowest BCUT2D eigenvalue weighted by Crippen LogP contribution is -2.50. The zero-order valence-corrected chi connectivity index (χ0v) is 14.8. The van der Waals surface area contributed by atoms with Gasteiger partial charge in [0.25, 0.3) is 0 Å². The first-order valence-electron chi connectivity index (χ1n) is 9.24. The van der Waals surface area contributed by atoms with Crippen molar-refractivity contribution in [3.8, 4) is 5.75 Å². The van der Waals surface area contributed by atoms with Crippen LogP contribution < -0.4 is 15.0 Å². The number of anilines is 1. The van der Waals surface area contributed by atoms with E-state index in [4.69, 9.17) is 9.47 Å². The third-order valence-electron chi connectivity index (χ3n) is 5.66. The number of fused-ring (bicyclic) bond motifs is 3. The fraction of sp³-hybridized carbons (Fsp3) is 0.632. The van der Waals surface area contributed by atoms with Crippen LogP contribution in [0.5, 0.6) is 5.75 Å². The van der Waals surface area contributed by atoms with Crippen LogP contribution in [0.1, 0.15) is 12.8 Å². The molecule has 3 fully saturated rings. The van der Waals surface area contributed by atoms with Gasteiger partial charge >= 0.3 is 0 Å². The standard InChI is InChI=1S/C19H27N3O3/c1-24-18-4-2-3-17(9-18)21-7-5-16(6-8-21)22-10-14-12-25-13-15(11-22)20-19(14)23/h2-4,9,14-16H,5-8,10-13H2,1H3,(H,20,23)/t14-,15+/m1/s1. The van der Waals surface area contributed by atoms with Gasteiger partial charge in [-0.3, -0.25) is 9.69 Å². The molecule has 2 bridgehead atoms. The van der Waals surface area contributed by atoms with Gasteiger partial charge in [0, 0.05) is 44.0 Å². The highest BCUT2D eigenvalue weighted by Gasteiger charge is 2.36. The van der Waals surface area contributed by atoms with E-state index in [0.29, 0.717) is 19.3 Å². The summed E-state index contributed by atoms with van der Waals surface area (Å²) in [5.41, 5.74) is 1.23. The Balaban J connectivity index is 1.39. The third kappa shape index (κ3) is 3.60. The molecular weight excluding hydrogens is 318 g/mol. The van der Waals surface area contributed by atoms with Crippen molar-refractivity contribution in [2.24, 2.45) is 5.92 Å². The Morgan fingerprint density at radius 1 is 1.20 bits per heavy atom. The summed E-state index contributed by atoms with van der Waals surface area (Å²) < 4.78 is 11.0. The van der Waals surface area contributed by atoms with E-state index in [0.717, 1.165) is 44.8 Å². The van der Waals surface area contributed by atoms with Gasteiger partial charge in [0.1, 0.15) is 5.75 Å². The molecule has 6 heteroatoms. The number of amides is 1. The van der Waals surface area contributed by atoms with Gasteiger partial charge in [-0.1, -0.05) is 6.07 Å². The molecule has 1 amide bonds. The van der Waals surface area contributed by atoms with Crippen LogP contribution in [0.4, 0.5) is 5.69 Å². The lowest BCUT2D eigenvalue weighted by atomic mass is 10.00. The number of nitrogens with zero attached hydrogens (tertiary/aromatic N) is 2. The van der Waals surface area contributed by atoms with E-state index in [9.17, 15) is 4.79 Å². The number of carbonyl (C=O) groups excluding carboxylic acids is 1. The first-order chi connectivity index (χ1) is 12.2. The second-order valence-electron chi connectivity index (χ2n) is 7.31. The Labute approximate surface area is 149 Å². The number of methoxy groups -OCH3 is 1.